The molecule has 0 fully saturated rings. The molecular weight excluding hydrogens is 676 g/mol. The van der Waals surface area contributed by atoms with E-state index in [1.54, 1.807) is 68.5 Å². The lowest BCUT2D eigenvalue weighted by Gasteiger charge is -2.10. The van der Waals surface area contributed by atoms with E-state index < -0.39 is 23.6 Å². The maximum atomic E-state index is 13.4. The molecule has 0 saturated heterocycles. The third kappa shape index (κ3) is 6.09. The number of allylic oxidation sites excluding steroid dienone is 2. The zero-order valence-corrected chi connectivity index (χ0v) is 28.1. The number of aryl methyl sites for hydroxylation is 1. The molecule has 0 aliphatic carbocycles. The molecule has 6 heterocycles. The van der Waals surface area contributed by atoms with Crippen molar-refractivity contribution in [3.63, 3.8) is 0 Å². The first-order chi connectivity index (χ1) is 25.6. The van der Waals surface area contributed by atoms with Crippen LogP contribution in [0.1, 0.15) is 47.3 Å². The molecule has 262 valence electrons. The summed E-state index contributed by atoms with van der Waals surface area (Å²) in [5, 5.41) is 14.5. The Bertz CT molecular complexity index is 2750. The number of pyridine rings is 2. The monoisotopic (exact) mass is 706 g/mol. The molecule has 0 unspecified atom stereocenters. The number of imidazole rings is 2. The Balaban J connectivity index is 1.11. The second kappa shape index (κ2) is 12.9. The molecule has 16 heteroatoms. The van der Waals surface area contributed by atoms with Gasteiger partial charge in [-0.25, -0.2) is 19.0 Å². The minimum atomic E-state index is -0.605. The van der Waals surface area contributed by atoms with E-state index in [2.05, 4.69) is 30.8 Å². The van der Waals surface area contributed by atoms with Gasteiger partial charge in [0.25, 0.3) is 11.8 Å². The largest absolute Gasteiger partial charge is 0.366 e. The van der Waals surface area contributed by atoms with Crippen molar-refractivity contribution in [1.29, 1.82) is 0 Å². The Morgan fingerprint density at radius 1 is 0.660 bits per heavy atom. The van der Waals surface area contributed by atoms with Crippen LogP contribution in [0.25, 0.3) is 33.1 Å². The zero-order chi connectivity index (χ0) is 36.8. The van der Waals surface area contributed by atoms with Gasteiger partial charge in [0.15, 0.2) is 11.4 Å². The lowest BCUT2D eigenvalue weighted by molar-refractivity contribution is 0.0992. The molecule has 0 bridgehead atoms. The normalized spacial score (nSPS) is 11.6. The van der Waals surface area contributed by atoms with Gasteiger partial charge < -0.3 is 20.6 Å². The number of hydrogen-bond acceptors (Lipinski definition) is 8. The standard InChI is InChI=1S/C37H30N12O4/c1-21-16-23(33(39)51)18-27-31(21)47(37(41-27)43-35(53)29-20-25-9-3-5-15-49(25)45-29)13-7-6-12-46-30-11-10-22(32(38)50)17-26(30)40-36(46)42-34(52)28-19-24-8-2-4-14-48(24)44-28/h2-11,14-20H,12-13H2,1H3,(H2,38,50)(H2,39,51)(H,40,42,52)(H,41,43,53). The Labute approximate surface area is 299 Å². The summed E-state index contributed by atoms with van der Waals surface area (Å²) in [6.45, 7) is 2.35. The van der Waals surface area contributed by atoms with E-state index in [4.69, 9.17) is 11.5 Å². The first-order valence-corrected chi connectivity index (χ1v) is 16.4. The maximum absolute atomic E-state index is 13.4. The second-order valence-corrected chi connectivity index (χ2v) is 12.3. The van der Waals surface area contributed by atoms with Gasteiger partial charge in [-0.1, -0.05) is 24.3 Å². The molecule has 6 N–H and O–H groups in total. The summed E-state index contributed by atoms with van der Waals surface area (Å²) in [7, 11) is 0. The van der Waals surface area contributed by atoms with Crippen LogP contribution in [-0.2, 0) is 13.1 Å². The van der Waals surface area contributed by atoms with E-state index in [-0.39, 0.29) is 47.5 Å². The summed E-state index contributed by atoms with van der Waals surface area (Å²) in [6, 6.07) is 22.5. The van der Waals surface area contributed by atoms with Crippen LogP contribution in [0.5, 0.6) is 0 Å². The van der Waals surface area contributed by atoms with Gasteiger partial charge in [0.2, 0.25) is 23.7 Å². The molecule has 0 aliphatic rings. The fraction of sp³-hybridized carbons (Fsp3) is 0.0811. The number of nitrogens with one attached hydrogen (secondary N) is 2. The topological polar surface area (TPSA) is 215 Å². The highest BCUT2D eigenvalue weighted by Gasteiger charge is 2.20. The molecule has 0 atom stereocenters. The van der Waals surface area contributed by atoms with Crippen molar-refractivity contribution in [2.24, 2.45) is 11.5 Å². The number of nitrogens with zero attached hydrogens (tertiary/aromatic N) is 8. The number of anilines is 2. The molecule has 2 aromatic carbocycles. The number of carbonyl (C=O) groups is 4. The van der Waals surface area contributed by atoms with Crippen LogP contribution in [0.4, 0.5) is 11.9 Å². The van der Waals surface area contributed by atoms with Crippen molar-refractivity contribution in [1.82, 2.24) is 38.3 Å². The number of amides is 4. The van der Waals surface area contributed by atoms with Gasteiger partial charge in [0.1, 0.15) is 0 Å². The van der Waals surface area contributed by atoms with Crippen molar-refractivity contribution in [2.75, 3.05) is 10.6 Å². The molecule has 0 radical (unpaired) electrons. The predicted octanol–water partition coefficient (Wildman–Crippen LogP) is 3.95. The van der Waals surface area contributed by atoms with E-state index in [1.807, 2.05) is 60.0 Å². The molecule has 4 amide bonds. The van der Waals surface area contributed by atoms with Gasteiger partial charge >= 0.3 is 0 Å². The van der Waals surface area contributed by atoms with Crippen LogP contribution in [0.2, 0.25) is 0 Å². The third-order valence-corrected chi connectivity index (χ3v) is 8.75. The molecule has 0 saturated carbocycles. The number of hydrogen-bond donors (Lipinski definition) is 4. The highest BCUT2D eigenvalue weighted by Crippen LogP contribution is 2.26. The lowest BCUT2D eigenvalue weighted by Crippen LogP contribution is -2.17. The van der Waals surface area contributed by atoms with E-state index in [0.29, 0.717) is 22.1 Å². The summed E-state index contributed by atoms with van der Waals surface area (Å²) in [6.07, 6.45) is 7.24. The van der Waals surface area contributed by atoms with Crippen LogP contribution in [-0.4, -0.2) is 62.0 Å². The van der Waals surface area contributed by atoms with Crippen LogP contribution in [0.3, 0.4) is 0 Å². The van der Waals surface area contributed by atoms with Crippen molar-refractivity contribution in [3.05, 3.63) is 131 Å². The Morgan fingerprint density at radius 3 is 1.79 bits per heavy atom. The summed E-state index contributed by atoms with van der Waals surface area (Å²) in [5.74, 6) is -1.66. The molecule has 16 nitrogen and oxygen atoms in total. The third-order valence-electron chi connectivity index (χ3n) is 8.75. The summed E-state index contributed by atoms with van der Waals surface area (Å²) < 4.78 is 6.81. The van der Waals surface area contributed by atoms with Crippen LogP contribution in [0, 0.1) is 6.92 Å². The fourth-order valence-corrected chi connectivity index (χ4v) is 6.25. The predicted molar refractivity (Wildman–Crippen MR) is 197 cm³/mol. The SMILES string of the molecule is Cc1cc(C(N)=O)cc2nc(NC(=O)c3cc4ccccn4n3)n(CC=CCn3c(NC(=O)c4cc5ccccn5n4)nc4cc(C(N)=O)ccc43)c12. The summed E-state index contributed by atoms with van der Waals surface area (Å²) in [5.41, 5.74) is 16.6. The summed E-state index contributed by atoms with van der Waals surface area (Å²) in [4.78, 5) is 60.0. The van der Waals surface area contributed by atoms with E-state index in [1.165, 1.54) is 0 Å². The molecule has 8 rings (SSSR count). The first-order valence-electron chi connectivity index (χ1n) is 16.4. The van der Waals surface area contributed by atoms with Gasteiger partial charge in [0.05, 0.1) is 33.1 Å². The molecule has 8 aromatic rings. The second-order valence-electron chi connectivity index (χ2n) is 12.3. The highest BCUT2D eigenvalue weighted by molar-refractivity contribution is 6.05. The molecule has 6 aromatic heterocycles. The number of fused-ring (bicyclic) bond motifs is 4. The number of rotatable bonds is 10. The number of carbonyl (C=O) groups excluding carboxylic acids is 4. The van der Waals surface area contributed by atoms with E-state index in [9.17, 15) is 19.2 Å². The minimum absolute atomic E-state index is 0.197. The Morgan fingerprint density at radius 2 is 1.21 bits per heavy atom. The Hall–Kier alpha value is -7.62. The fourth-order valence-electron chi connectivity index (χ4n) is 6.25. The number of primary amides is 2. The van der Waals surface area contributed by atoms with Crippen molar-refractivity contribution >= 4 is 68.6 Å². The Kier molecular flexibility index (Phi) is 7.95. The average molecular weight is 707 g/mol. The van der Waals surface area contributed by atoms with Gasteiger partial charge in [-0.3, -0.25) is 29.8 Å². The average Bonchev–Trinajstić information content (AvgIpc) is 3.92. The van der Waals surface area contributed by atoms with Crippen LogP contribution in [0.15, 0.2) is 103 Å². The van der Waals surface area contributed by atoms with Crippen molar-refractivity contribution in [3.8, 4) is 0 Å². The van der Waals surface area contributed by atoms with Crippen molar-refractivity contribution < 1.29 is 19.2 Å². The lowest BCUT2D eigenvalue weighted by atomic mass is 10.1. The number of aromatic nitrogens is 8. The van der Waals surface area contributed by atoms with Gasteiger partial charge in [-0.15, -0.1) is 0 Å². The number of benzene rings is 2. The minimum Gasteiger partial charge on any atom is -0.366 e. The van der Waals surface area contributed by atoms with Gasteiger partial charge in [0, 0.05) is 36.6 Å². The van der Waals surface area contributed by atoms with E-state index >= 15 is 0 Å². The van der Waals surface area contributed by atoms with Crippen LogP contribution < -0.4 is 22.1 Å². The summed E-state index contributed by atoms with van der Waals surface area (Å²) >= 11 is 0. The van der Waals surface area contributed by atoms with E-state index in [0.717, 1.165) is 16.6 Å². The maximum Gasteiger partial charge on any atom is 0.278 e. The highest BCUT2D eigenvalue weighted by atomic mass is 16.2. The quantitative estimate of drug-likeness (QED) is 0.152. The molecule has 53 heavy (non-hydrogen) atoms. The van der Waals surface area contributed by atoms with Gasteiger partial charge in [-0.2, -0.15) is 10.2 Å². The molecule has 0 aliphatic heterocycles. The number of nitrogens with two attached hydrogens (primary N) is 2. The van der Waals surface area contributed by atoms with Crippen LogP contribution >= 0.6 is 0 Å². The molecule has 0 spiro atoms. The van der Waals surface area contributed by atoms with Gasteiger partial charge in [-0.05, 0) is 79.2 Å². The zero-order valence-electron chi connectivity index (χ0n) is 28.1. The van der Waals surface area contributed by atoms with Crippen molar-refractivity contribution in [2.45, 2.75) is 20.0 Å². The molecular formula is C37H30N12O4. The smallest absolute Gasteiger partial charge is 0.278 e. The first kappa shape index (κ1) is 32.6.